The van der Waals surface area contributed by atoms with Crippen LogP contribution in [0, 0.1) is 0 Å². The van der Waals surface area contributed by atoms with Crippen molar-refractivity contribution < 1.29 is 4.53 Å². The van der Waals surface area contributed by atoms with Crippen LogP contribution >= 0.6 is 0 Å². The van der Waals surface area contributed by atoms with E-state index in [9.17, 15) is 0 Å². The Hall–Kier alpha value is -1.06. The summed E-state index contributed by atoms with van der Waals surface area (Å²) in [6.45, 7) is 21.7. The molecule has 1 aromatic carbocycles. The summed E-state index contributed by atoms with van der Waals surface area (Å²) in [6, 6.07) is 8.37. The smallest absolute Gasteiger partial charge is 0.228 e. The number of rotatable bonds is 4. The molecule has 0 heterocycles. The Morgan fingerprint density at radius 1 is 1.00 bits per heavy atom. The molecule has 1 aromatic rings. The monoisotopic (exact) mass is 305 g/mol. The van der Waals surface area contributed by atoms with E-state index in [1.807, 2.05) is 6.08 Å². The average molecular weight is 306 g/mol. The van der Waals surface area contributed by atoms with E-state index in [0.717, 1.165) is 11.3 Å². The normalized spacial score (nSPS) is 13.1. The minimum absolute atomic E-state index is 0.0920. The molecule has 2 nitrogen and oxygen atoms in total. The van der Waals surface area contributed by atoms with Crippen molar-refractivity contribution in [2.24, 2.45) is 0 Å². The molecule has 0 amide bonds. The summed E-state index contributed by atoms with van der Waals surface area (Å²) < 4.78 is 6.57. The topological polar surface area (TPSA) is 12.5 Å². The van der Waals surface area contributed by atoms with Crippen LogP contribution in [-0.2, 0) is 4.53 Å². The van der Waals surface area contributed by atoms with E-state index in [1.165, 1.54) is 0 Å². The fourth-order valence-electron chi connectivity index (χ4n) is 1.69. The van der Waals surface area contributed by atoms with Crippen LogP contribution in [0.5, 0.6) is 0 Å². The summed E-state index contributed by atoms with van der Waals surface area (Å²) in [7, 11) is -1.88. The second-order valence-electron chi connectivity index (χ2n) is 8.11. The molecule has 0 aliphatic carbocycles. The molecule has 0 fully saturated rings. The summed E-state index contributed by atoms with van der Waals surface area (Å²) in [6.07, 6.45) is 1.86. The van der Waals surface area contributed by atoms with Gasteiger partial charge in [0.1, 0.15) is 0 Å². The molecule has 0 spiro atoms. The first-order chi connectivity index (χ1) is 9.38. The van der Waals surface area contributed by atoms with E-state index < -0.39 is 8.32 Å². The van der Waals surface area contributed by atoms with E-state index in [2.05, 4.69) is 90.5 Å². The number of nitrogens with zero attached hydrogens (tertiary/aromatic N) is 1. The van der Waals surface area contributed by atoms with Crippen molar-refractivity contribution in [3.8, 4) is 0 Å². The van der Waals surface area contributed by atoms with Gasteiger partial charge in [0, 0.05) is 0 Å². The van der Waals surface area contributed by atoms with Gasteiger partial charge in [-0.15, -0.1) is 0 Å². The molecule has 0 unspecified atom stereocenters. The molecule has 3 heteroatoms. The standard InChI is InChI=1S/C18H31NOSi/c1-10-15-11-13-16(14-12-15)19(17(2,3)4)20-21(8,9)18(5,6)7/h10-14H,1H2,2-9H3. The van der Waals surface area contributed by atoms with Gasteiger partial charge in [0.25, 0.3) is 0 Å². The molecule has 0 bridgehead atoms. The zero-order valence-electron chi connectivity index (χ0n) is 14.9. The van der Waals surface area contributed by atoms with Gasteiger partial charge in [0.15, 0.2) is 0 Å². The maximum Gasteiger partial charge on any atom is 0.228 e. The third-order valence-electron chi connectivity index (χ3n) is 4.10. The Bertz CT molecular complexity index is 477. The van der Waals surface area contributed by atoms with Crippen molar-refractivity contribution in [2.45, 2.75) is 65.2 Å². The predicted molar refractivity (Wildman–Crippen MR) is 97.0 cm³/mol. The minimum atomic E-state index is -1.88. The second-order valence-corrected chi connectivity index (χ2v) is 12.8. The van der Waals surface area contributed by atoms with Crippen molar-refractivity contribution in [3.05, 3.63) is 36.4 Å². The lowest BCUT2D eigenvalue weighted by molar-refractivity contribution is 0.185. The van der Waals surface area contributed by atoms with Crippen LogP contribution in [-0.4, -0.2) is 13.9 Å². The van der Waals surface area contributed by atoms with Crippen molar-refractivity contribution in [2.75, 3.05) is 5.06 Å². The molecule has 0 saturated heterocycles. The molecule has 0 N–H and O–H groups in total. The van der Waals surface area contributed by atoms with Gasteiger partial charge in [-0.25, -0.2) is 0 Å². The molecule has 1 rings (SSSR count). The van der Waals surface area contributed by atoms with Gasteiger partial charge >= 0.3 is 0 Å². The van der Waals surface area contributed by atoms with Crippen molar-refractivity contribution in [1.82, 2.24) is 0 Å². The molecule has 0 aliphatic heterocycles. The van der Waals surface area contributed by atoms with E-state index in [4.69, 9.17) is 4.53 Å². The lowest BCUT2D eigenvalue weighted by Gasteiger charge is -2.45. The van der Waals surface area contributed by atoms with Gasteiger partial charge in [-0.3, -0.25) is 5.06 Å². The third kappa shape index (κ3) is 4.45. The van der Waals surface area contributed by atoms with E-state index in [-0.39, 0.29) is 10.6 Å². The van der Waals surface area contributed by atoms with Gasteiger partial charge in [-0.05, 0) is 56.6 Å². The molecule has 118 valence electrons. The van der Waals surface area contributed by atoms with Crippen LogP contribution in [0.25, 0.3) is 6.08 Å². The lowest BCUT2D eigenvalue weighted by atomic mass is 10.1. The highest BCUT2D eigenvalue weighted by atomic mass is 28.4. The quantitative estimate of drug-likeness (QED) is 0.509. The van der Waals surface area contributed by atoms with Gasteiger partial charge in [0.05, 0.1) is 11.2 Å². The Morgan fingerprint density at radius 3 is 1.81 bits per heavy atom. The van der Waals surface area contributed by atoms with Crippen LogP contribution in [0.4, 0.5) is 5.69 Å². The Morgan fingerprint density at radius 2 is 1.48 bits per heavy atom. The van der Waals surface area contributed by atoms with E-state index >= 15 is 0 Å². The highest BCUT2D eigenvalue weighted by Gasteiger charge is 2.41. The predicted octanol–water partition coefficient (Wildman–Crippen LogP) is 5.87. The molecular formula is C18H31NOSi. The van der Waals surface area contributed by atoms with Crippen molar-refractivity contribution in [3.63, 3.8) is 0 Å². The SMILES string of the molecule is C=Cc1ccc(N(O[Si](C)(C)C(C)(C)C)C(C)(C)C)cc1. The molecular weight excluding hydrogens is 274 g/mol. The fourth-order valence-corrected chi connectivity index (χ4v) is 2.80. The Kier molecular flexibility index (Phi) is 5.12. The van der Waals surface area contributed by atoms with Crippen LogP contribution in [0.2, 0.25) is 18.1 Å². The van der Waals surface area contributed by atoms with Crippen LogP contribution in [0.1, 0.15) is 47.1 Å². The summed E-state index contributed by atoms with van der Waals surface area (Å²) in [5, 5.41) is 2.26. The number of anilines is 1. The largest absolute Gasteiger partial charge is 0.319 e. The van der Waals surface area contributed by atoms with E-state index in [1.54, 1.807) is 0 Å². The van der Waals surface area contributed by atoms with Crippen molar-refractivity contribution >= 4 is 20.1 Å². The van der Waals surface area contributed by atoms with Crippen LogP contribution < -0.4 is 5.06 Å². The average Bonchev–Trinajstić information content (AvgIpc) is 2.33. The molecule has 0 atom stereocenters. The molecule has 0 aliphatic rings. The Balaban J connectivity index is 3.15. The van der Waals surface area contributed by atoms with Gasteiger partial charge in [0.2, 0.25) is 8.32 Å². The van der Waals surface area contributed by atoms with Crippen molar-refractivity contribution in [1.29, 1.82) is 0 Å². The third-order valence-corrected chi connectivity index (χ3v) is 8.35. The zero-order valence-corrected chi connectivity index (χ0v) is 15.9. The summed E-state index contributed by atoms with van der Waals surface area (Å²) in [5.41, 5.74) is 2.13. The highest BCUT2D eigenvalue weighted by molar-refractivity contribution is 6.74. The minimum Gasteiger partial charge on any atom is -0.319 e. The molecule has 21 heavy (non-hydrogen) atoms. The highest BCUT2D eigenvalue weighted by Crippen LogP contribution is 2.39. The number of benzene rings is 1. The number of hydroxylamine groups is 1. The van der Waals surface area contributed by atoms with Gasteiger partial charge in [-0.1, -0.05) is 45.6 Å². The molecule has 0 radical (unpaired) electrons. The van der Waals surface area contributed by atoms with Gasteiger partial charge < -0.3 is 4.53 Å². The lowest BCUT2D eigenvalue weighted by Crippen LogP contribution is -2.52. The van der Waals surface area contributed by atoms with Gasteiger partial charge in [-0.2, -0.15) is 0 Å². The number of hydrogen-bond acceptors (Lipinski definition) is 2. The van der Waals surface area contributed by atoms with Crippen LogP contribution in [0.15, 0.2) is 30.8 Å². The maximum absolute atomic E-state index is 6.57. The van der Waals surface area contributed by atoms with E-state index in [0.29, 0.717) is 0 Å². The molecule has 0 saturated carbocycles. The zero-order chi connectivity index (χ0) is 16.5. The second kappa shape index (κ2) is 5.97. The maximum atomic E-state index is 6.57. The fraction of sp³-hybridized carbons (Fsp3) is 0.556. The first kappa shape index (κ1) is 18.0. The summed E-state index contributed by atoms with van der Waals surface area (Å²) in [4.78, 5) is 0. The summed E-state index contributed by atoms with van der Waals surface area (Å²) >= 11 is 0. The summed E-state index contributed by atoms with van der Waals surface area (Å²) in [5.74, 6) is 0. The Labute approximate surface area is 131 Å². The molecule has 0 aromatic heterocycles. The first-order valence-electron chi connectivity index (χ1n) is 7.60. The first-order valence-corrected chi connectivity index (χ1v) is 10.5. The van der Waals surface area contributed by atoms with Crippen LogP contribution in [0.3, 0.4) is 0 Å². The number of hydrogen-bond donors (Lipinski definition) is 0.